The van der Waals surface area contributed by atoms with Crippen molar-refractivity contribution < 1.29 is 9.59 Å². The molecule has 0 saturated heterocycles. The third-order valence-electron chi connectivity index (χ3n) is 7.72. The Hall–Kier alpha value is -3.40. The Balaban J connectivity index is 1.59. The summed E-state index contributed by atoms with van der Waals surface area (Å²) in [7, 11) is 0. The topological polar surface area (TPSA) is 49.4 Å². The fraction of sp³-hybridized carbons (Fsp3) is 0.412. The maximum absolute atomic E-state index is 13.9. The number of carbonyl (C=O) groups excluding carboxylic acids is 2. The van der Waals surface area contributed by atoms with Crippen LogP contribution in [0.15, 0.2) is 78.9 Å². The predicted octanol–water partition coefficient (Wildman–Crippen LogP) is 6.58. The van der Waals surface area contributed by atoms with Crippen LogP contribution < -0.4 is 5.32 Å². The molecule has 1 N–H and O–H groups in total. The van der Waals surface area contributed by atoms with Crippen molar-refractivity contribution in [3.8, 4) is 0 Å². The summed E-state index contributed by atoms with van der Waals surface area (Å²) in [6, 6.07) is 26.5. The summed E-state index contributed by atoms with van der Waals surface area (Å²) in [4.78, 5) is 29.6. The summed E-state index contributed by atoms with van der Waals surface area (Å²) in [6.45, 7) is 4.63. The van der Waals surface area contributed by atoms with E-state index >= 15 is 0 Å². The second-order valence-corrected chi connectivity index (χ2v) is 10.7. The van der Waals surface area contributed by atoms with Crippen LogP contribution in [0.4, 0.5) is 0 Å². The van der Waals surface area contributed by atoms with Crippen molar-refractivity contribution in [1.29, 1.82) is 0 Å². The van der Waals surface area contributed by atoms with Crippen LogP contribution in [0.5, 0.6) is 0 Å². The Bertz CT molecular complexity index is 1170. The van der Waals surface area contributed by atoms with E-state index in [2.05, 4.69) is 61.6 Å². The van der Waals surface area contributed by atoms with Crippen molar-refractivity contribution in [1.82, 2.24) is 10.2 Å². The van der Waals surface area contributed by atoms with E-state index in [9.17, 15) is 9.59 Å². The molecule has 0 heterocycles. The molecule has 0 aromatic heterocycles. The number of rotatable bonds is 11. The molecule has 4 nitrogen and oxygen atoms in total. The Morgan fingerprint density at radius 2 is 1.53 bits per heavy atom. The van der Waals surface area contributed by atoms with Crippen LogP contribution in [0.1, 0.15) is 73.3 Å². The lowest BCUT2D eigenvalue weighted by Crippen LogP contribution is -2.52. The molecule has 1 unspecified atom stereocenters. The Morgan fingerprint density at radius 3 is 2.21 bits per heavy atom. The molecular formula is C34H42N2O2. The number of hydrogen-bond donors (Lipinski definition) is 1. The maximum atomic E-state index is 13.9. The summed E-state index contributed by atoms with van der Waals surface area (Å²) in [6.07, 6.45) is 8.11. The fourth-order valence-electron chi connectivity index (χ4n) is 5.44. The average Bonchev–Trinajstić information content (AvgIpc) is 2.95. The molecule has 1 saturated carbocycles. The van der Waals surface area contributed by atoms with Crippen LogP contribution in [0, 0.1) is 6.92 Å². The highest BCUT2D eigenvalue weighted by Gasteiger charge is 2.31. The number of amides is 2. The number of benzene rings is 3. The molecule has 1 fully saturated rings. The first kappa shape index (κ1) is 27.6. The molecule has 1 aliphatic carbocycles. The third kappa shape index (κ3) is 8.05. The van der Waals surface area contributed by atoms with Crippen molar-refractivity contribution in [3.63, 3.8) is 0 Å². The highest BCUT2D eigenvalue weighted by atomic mass is 16.2. The molecule has 38 heavy (non-hydrogen) atoms. The third-order valence-corrected chi connectivity index (χ3v) is 7.72. The summed E-state index contributed by atoms with van der Waals surface area (Å²) < 4.78 is 0. The second-order valence-electron chi connectivity index (χ2n) is 10.7. The van der Waals surface area contributed by atoms with Crippen LogP contribution in [-0.2, 0) is 35.4 Å². The lowest BCUT2D eigenvalue weighted by Gasteiger charge is -2.33. The fourth-order valence-corrected chi connectivity index (χ4v) is 5.44. The number of nitrogens with zero attached hydrogens (tertiary/aromatic N) is 1. The van der Waals surface area contributed by atoms with Gasteiger partial charge in [-0.25, -0.2) is 0 Å². The van der Waals surface area contributed by atoms with E-state index in [4.69, 9.17) is 0 Å². The minimum atomic E-state index is -0.560. The van der Waals surface area contributed by atoms with Gasteiger partial charge in [-0.2, -0.15) is 0 Å². The molecule has 3 aromatic carbocycles. The van der Waals surface area contributed by atoms with E-state index in [0.717, 1.165) is 54.4 Å². The SMILES string of the molecule is CCc1ccc(CCC(=O)N(Cc2cccc(C)c2)C(Cc2ccccc2)C(=O)NC2CCCCC2)cc1. The quantitative estimate of drug-likeness (QED) is 0.317. The first-order valence-electron chi connectivity index (χ1n) is 14.3. The van der Waals surface area contributed by atoms with Gasteiger partial charge in [0.2, 0.25) is 11.8 Å². The Morgan fingerprint density at radius 1 is 0.842 bits per heavy atom. The molecule has 1 atom stereocenters. The van der Waals surface area contributed by atoms with Crippen LogP contribution in [0.3, 0.4) is 0 Å². The average molecular weight is 511 g/mol. The van der Waals surface area contributed by atoms with Crippen LogP contribution in [0.2, 0.25) is 0 Å². The first-order chi connectivity index (χ1) is 18.5. The van der Waals surface area contributed by atoms with E-state index < -0.39 is 6.04 Å². The van der Waals surface area contributed by atoms with Crippen molar-refractivity contribution in [2.75, 3.05) is 0 Å². The number of aryl methyl sites for hydroxylation is 3. The highest BCUT2D eigenvalue weighted by Crippen LogP contribution is 2.21. The van der Waals surface area contributed by atoms with Gasteiger partial charge in [-0.15, -0.1) is 0 Å². The minimum Gasteiger partial charge on any atom is -0.352 e. The molecule has 0 aliphatic heterocycles. The van der Waals surface area contributed by atoms with Gasteiger partial charge in [0, 0.05) is 25.4 Å². The zero-order valence-corrected chi connectivity index (χ0v) is 23.0. The molecule has 200 valence electrons. The van der Waals surface area contributed by atoms with Gasteiger partial charge in [-0.1, -0.05) is 111 Å². The molecule has 0 bridgehead atoms. The molecule has 0 spiro atoms. The lowest BCUT2D eigenvalue weighted by molar-refractivity contribution is -0.141. The molecule has 0 radical (unpaired) electrons. The van der Waals surface area contributed by atoms with Gasteiger partial charge in [0.15, 0.2) is 0 Å². The van der Waals surface area contributed by atoms with Gasteiger partial charge < -0.3 is 10.2 Å². The molecule has 3 aromatic rings. The van der Waals surface area contributed by atoms with Gasteiger partial charge in [-0.3, -0.25) is 9.59 Å². The highest BCUT2D eigenvalue weighted by molar-refractivity contribution is 5.88. The zero-order valence-electron chi connectivity index (χ0n) is 23.0. The van der Waals surface area contributed by atoms with Gasteiger partial charge in [0.25, 0.3) is 0 Å². The van der Waals surface area contributed by atoms with Gasteiger partial charge in [-0.05, 0) is 54.9 Å². The second kappa shape index (κ2) is 13.9. The first-order valence-corrected chi connectivity index (χ1v) is 14.3. The maximum Gasteiger partial charge on any atom is 0.243 e. The van der Waals surface area contributed by atoms with E-state index in [1.807, 2.05) is 41.3 Å². The summed E-state index contributed by atoms with van der Waals surface area (Å²) in [5, 5.41) is 3.33. The summed E-state index contributed by atoms with van der Waals surface area (Å²) in [5.74, 6) is -0.0140. The van der Waals surface area contributed by atoms with Gasteiger partial charge in [0.1, 0.15) is 6.04 Å². The summed E-state index contributed by atoms with van der Waals surface area (Å²) >= 11 is 0. The van der Waals surface area contributed by atoms with Gasteiger partial charge >= 0.3 is 0 Å². The monoisotopic (exact) mass is 510 g/mol. The van der Waals surface area contributed by atoms with E-state index in [1.54, 1.807) is 0 Å². The molecule has 4 rings (SSSR count). The van der Waals surface area contributed by atoms with Crippen molar-refractivity contribution >= 4 is 11.8 Å². The van der Waals surface area contributed by atoms with Crippen LogP contribution in [0.25, 0.3) is 0 Å². The summed E-state index contributed by atoms with van der Waals surface area (Å²) in [5.41, 5.74) is 5.71. The van der Waals surface area contributed by atoms with Crippen molar-refractivity contribution in [2.24, 2.45) is 0 Å². The van der Waals surface area contributed by atoms with Crippen LogP contribution >= 0.6 is 0 Å². The normalized spacial score (nSPS) is 14.6. The number of nitrogens with one attached hydrogen (secondary N) is 1. The number of hydrogen-bond acceptors (Lipinski definition) is 2. The standard InChI is InChI=1S/C34H42N2O2/c1-3-27-17-19-28(20-18-27)21-22-33(37)36(25-30-14-10-11-26(2)23-30)32(24-29-12-6-4-7-13-29)34(38)35-31-15-8-5-9-16-31/h4,6-7,10-14,17-20,23,31-32H,3,5,8-9,15-16,21-22,24-25H2,1-2H3,(H,35,38). The predicted molar refractivity (Wildman–Crippen MR) is 155 cm³/mol. The largest absolute Gasteiger partial charge is 0.352 e. The Labute approximate surface area is 228 Å². The molecular weight excluding hydrogens is 468 g/mol. The van der Waals surface area contributed by atoms with Crippen molar-refractivity contribution in [3.05, 3.63) is 107 Å². The van der Waals surface area contributed by atoms with E-state index in [1.165, 1.54) is 12.0 Å². The van der Waals surface area contributed by atoms with E-state index in [0.29, 0.717) is 25.8 Å². The molecule has 1 aliphatic rings. The molecule has 2 amide bonds. The molecule has 4 heteroatoms. The minimum absolute atomic E-state index is 0.0193. The van der Waals surface area contributed by atoms with Crippen LogP contribution in [-0.4, -0.2) is 28.8 Å². The Kier molecular flexibility index (Phi) is 10.1. The van der Waals surface area contributed by atoms with Crippen molar-refractivity contribution in [2.45, 2.75) is 90.3 Å². The number of carbonyl (C=O) groups is 2. The van der Waals surface area contributed by atoms with Gasteiger partial charge in [0.05, 0.1) is 0 Å². The smallest absolute Gasteiger partial charge is 0.243 e. The lowest BCUT2D eigenvalue weighted by atomic mass is 9.94. The zero-order chi connectivity index (χ0) is 26.7. The van der Waals surface area contributed by atoms with E-state index in [-0.39, 0.29) is 17.9 Å².